The summed E-state index contributed by atoms with van der Waals surface area (Å²) in [7, 11) is 0. The number of piperazine rings is 1. The highest BCUT2D eigenvalue weighted by molar-refractivity contribution is 7.96. The van der Waals surface area contributed by atoms with Gasteiger partial charge in [0.15, 0.2) is 0 Å². The summed E-state index contributed by atoms with van der Waals surface area (Å²) in [5.41, 5.74) is 1.04. The Bertz CT molecular complexity index is 337. The van der Waals surface area contributed by atoms with E-state index in [2.05, 4.69) is 32.2 Å². The largest absolute Gasteiger partial charge is 0.354 e. The summed E-state index contributed by atoms with van der Waals surface area (Å²) in [4.78, 5) is 10.8. The van der Waals surface area contributed by atoms with E-state index < -0.39 is 0 Å². The van der Waals surface area contributed by atoms with E-state index in [0.29, 0.717) is 0 Å². The maximum Gasteiger partial charge on any atom is 0.132 e. The first-order chi connectivity index (χ1) is 7.79. The first-order valence-electron chi connectivity index (χ1n) is 5.71. The predicted octanol–water partition coefficient (Wildman–Crippen LogP) is 1.58. The van der Waals surface area contributed by atoms with Crippen LogP contribution in [0, 0.1) is 6.92 Å². The molecule has 1 saturated heterocycles. The molecule has 1 aliphatic heterocycles. The standard InChI is InChI=1S/C11H18N4S/c1-3-16-15-6-4-14(5-7-15)11-8-10(2)12-9-13-11/h8-9H,3-7H2,1-2H3. The van der Waals surface area contributed by atoms with E-state index in [1.807, 2.05) is 18.9 Å². The van der Waals surface area contributed by atoms with Crippen molar-refractivity contribution in [1.29, 1.82) is 0 Å². The molecule has 1 aromatic rings. The van der Waals surface area contributed by atoms with Crippen molar-refractivity contribution in [2.45, 2.75) is 13.8 Å². The highest BCUT2D eigenvalue weighted by Gasteiger charge is 2.17. The lowest BCUT2D eigenvalue weighted by molar-refractivity contribution is 0.428. The van der Waals surface area contributed by atoms with Crippen LogP contribution in [0.3, 0.4) is 0 Å². The van der Waals surface area contributed by atoms with E-state index in [0.717, 1.165) is 43.4 Å². The molecule has 5 heteroatoms. The summed E-state index contributed by atoms with van der Waals surface area (Å²) in [6, 6.07) is 2.06. The average molecular weight is 238 g/mol. The van der Waals surface area contributed by atoms with Crippen LogP contribution in [0.2, 0.25) is 0 Å². The number of hydrogen-bond acceptors (Lipinski definition) is 5. The molecule has 0 aromatic carbocycles. The van der Waals surface area contributed by atoms with Crippen molar-refractivity contribution in [1.82, 2.24) is 14.3 Å². The van der Waals surface area contributed by atoms with Gasteiger partial charge in [-0.05, 0) is 6.92 Å². The van der Waals surface area contributed by atoms with Crippen LogP contribution >= 0.6 is 11.9 Å². The van der Waals surface area contributed by atoms with Gasteiger partial charge < -0.3 is 4.90 Å². The molecule has 0 unspecified atom stereocenters. The zero-order chi connectivity index (χ0) is 11.4. The van der Waals surface area contributed by atoms with Gasteiger partial charge in [-0.25, -0.2) is 14.3 Å². The van der Waals surface area contributed by atoms with Crippen molar-refractivity contribution in [2.24, 2.45) is 0 Å². The van der Waals surface area contributed by atoms with E-state index in [9.17, 15) is 0 Å². The fourth-order valence-corrected chi connectivity index (χ4v) is 2.63. The van der Waals surface area contributed by atoms with Crippen LogP contribution in [0.15, 0.2) is 12.4 Å². The Kier molecular flexibility index (Phi) is 4.01. The Morgan fingerprint density at radius 3 is 2.62 bits per heavy atom. The summed E-state index contributed by atoms with van der Waals surface area (Å²) in [5.74, 6) is 2.22. The number of rotatable bonds is 3. The maximum atomic E-state index is 4.32. The highest BCUT2D eigenvalue weighted by atomic mass is 32.2. The summed E-state index contributed by atoms with van der Waals surface area (Å²) >= 11 is 1.93. The van der Waals surface area contributed by atoms with E-state index in [1.54, 1.807) is 6.33 Å². The minimum Gasteiger partial charge on any atom is -0.354 e. The topological polar surface area (TPSA) is 32.3 Å². The van der Waals surface area contributed by atoms with Crippen LogP contribution < -0.4 is 4.90 Å². The number of anilines is 1. The van der Waals surface area contributed by atoms with Gasteiger partial charge in [0.25, 0.3) is 0 Å². The molecular weight excluding hydrogens is 220 g/mol. The van der Waals surface area contributed by atoms with Crippen molar-refractivity contribution in [3.05, 3.63) is 18.1 Å². The molecule has 1 aromatic heterocycles. The quantitative estimate of drug-likeness (QED) is 0.746. The predicted molar refractivity (Wildman–Crippen MR) is 68.7 cm³/mol. The Labute approximate surface area is 101 Å². The second-order valence-corrected chi connectivity index (χ2v) is 5.20. The zero-order valence-corrected chi connectivity index (χ0v) is 10.7. The molecule has 0 radical (unpaired) electrons. The lowest BCUT2D eigenvalue weighted by atomic mass is 10.3. The van der Waals surface area contributed by atoms with Gasteiger partial charge in [-0.15, -0.1) is 0 Å². The molecular formula is C11H18N4S. The second-order valence-electron chi connectivity index (χ2n) is 3.85. The van der Waals surface area contributed by atoms with Gasteiger partial charge in [0.05, 0.1) is 0 Å². The molecule has 16 heavy (non-hydrogen) atoms. The molecule has 2 rings (SSSR count). The fraction of sp³-hybridized carbons (Fsp3) is 0.636. The molecule has 0 N–H and O–H groups in total. The number of nitrogens with zero attached hydrogens (tertiary/aromatic N) is 4. The van der Waals surface area contributed by atoms with Crippen molar-refractivity contribution < 1.29 is 0 Å². The molecule has 2 heterocycles. The molecule has 4 nitrogen and oxygen atoms in total. The summed E-state index contributed by atoms with van der Waals surface area (Å²) in [5, 5.41) is 0. The van der Waals surface area contributed by atoms with E-state index >= 15 is 0 Å². The SMILES string of the molecule is CCSN1CCN(c2cc(C)ncn2)CC1. The molecule has 0 spiro atoms. The third-order valence-electron chi connectivity index (χ3n) is 2.66. The van der Waals surface area contributed by atoms with Crippen molar-refractivity contribution >= 4 is 17.8 Å². The molecule has 0 saturated carbocycles. The first kappa shape index (κ1) is 11.7. The van der Waals surface area contributed by atoms with Gasteiger partial charge in [0, 0.05) is 43.7 Å². The van der Waals surface area contributed by atoms with Gasteiger partial charge in [0.2, 0.25) is 0 Å². The fourth-order valence-electron chi connectivity index (χ4n) is 1.84. The van der Waals surface area contributed by atoms with Crippen LogP contribution in [-0.2, 0) is 0 Å². The van der Waals surface area contributed by atoms with E-state index in [-0.39, 0.29) is 0 Å². The van der Waals surface area contributed by atoms with Gasteiger partial charge in [-0.3, -0.25) is 0 Å². The van der Waals surface area contributed by atoms with Gasteiger partial charge in [0.1, 0.15) is 12.1 Å². The van der Waals surface area contributed by atoms with E-state index in [4.69, 9.17) is 0 Å². The zero-order valence-electron chi connectivity index (χ0n) is 9.89. The lowest BCUT2D eigenvalue weighted by Crippen LogP contribution is -2.43. The van der Waals surface area contributed by atoms with Crippen molar-refractivity contribution in [2.75, 3.05) is 36.8 Å². The molecule has 0 bridgehead atoms. The smallest absolute Gasteiger partial charge is 0.132 e. The third kappa shape index (κ3) is 2.86. The van der Waals surface area contributed by atoms with Gasteiger partial charge >= 0.3 is 0 Å². The van der Waals surface area contributed by atoms with Crippen LogP contribution in [0.25, 0.3) is 0 Å². The Hall–Kier alpha value is -0.810. The first-order valence-corrected chi connectivity index (χ1v) is 6.65. The molecule has 1 fully saturated rings. The number of hydrogen-bond donors (Lipinski definition) is 0. The maximum absolute atomic E-state index is 4.32. The lowest BCUT2D eigenvalue weighted by Gasteiger charge is -2.34. The average Bonchev–Trinajstić information content (AvgIpc) is 2.30. The Morgan fingerprint density at radius 1 is 1.25 bits per heavy atom. The monoisotopic (exact) mass is 238 g/mol. The van der Waals surface area contributed by atoms with Crippen LogP contribution in [-0.4, -0.2) is 46.2 Å². The Balaban J connectivity index is 1.94. The van der Waals surface area contributed by atoms with Crippen molar-refractivity contribution in [3.8, 4) is 0 Å². The van der Waals surface area contributed by atoms with Crippen molar-refractivity contribution in [3.63, 3.8) is 0 Å². The highest BCUT2D eigenvalue weighted by Crippen LogP contribution is 2.17. The summed E-state index contributed by atoms with van der Waals surface area (Å²) in [6.45, 7) is 8.55. The van der Waals surface area contributed by atoms with Gasteiger partial charge in [-0.2, -0.15) is 0 Å². The molecule has 0 aliphatic carbocycles. The number of aromatic nitrogens is 2. The summed E-state index contributed by atoms with van der Waals surface area (Å²) < 4.78 is 2.44. The van der Waals surface area contributed by atoms with Crippen LogP contribution in [0.1, 0.15) is 12.6 Å². The second kappa shape index (κ2) is 5.50. The van der Waals surface area contributed by atoms with Crippen LogP contribution in [0.5, 0.6) is 0 Å². The normalized spacial score (nSPS) is 17.8. The van der Waals surface area contributed by atoms with E-state index in [1.165, 1.54) is 0 Å². The molecule has 0 amide bonds. The third-order valence-corrected chi connectivity index (χ3v) is 3.65. The molecule has 1 aliphatic rings. The minimum atomic E-state index is 1.04. The number of aryl methyl sites for hydroxylation is 1. The molecule has 88 valence electrons. The molecule has 0 atom stereocenters. The Morgan fingerprint density at radius 2 is 2.00 bits per heavy atom. The minimum absolute atomic E-state index is 1.04. The van der Waals surface area contributed by atoms with Crippen LogP contribution in [0.4, 0.5) is 5.82 Å². The van der Waals surface area contributed by atoms with Gasteiger partial charge in [-0.1, -0.05) is 18.9 Å². The summed E-state index contributed by atoms with van der Waals surface area (Å²) in [6.07, 6.45) is 1.65.